The van der Waals surface area contributed by atoms with Crippen LogP contribution in [0.3, 0.4) is 0 Å². The molecule has 2 aliphatic rings. The van der Waals surface area contributed by atoms with E-state index in [0.717, 1.165) is 76.5 Å². The van der Waals surface area contributed by atoms with Gasteiger partial charge in [0.25, 0.3) is 0 Å². The van der Waals surface area contributed by atoms with Crippen molar-refractivity contribution >= 4 is 35.9 Å². The Balaban J connectivity index is 0.00000320. The third kappa shape index (κ3) is 6.21. The van der Waals surface area contributed by atoms with Gasteiger partial charge in [-0.2, -0.15) is 5.10 Å². The highest BCUT2D eigenvalue weighted by atomic mass is 127. The number of halogens is 1. The summed E-state index contributed by atoms with van der Waals surface area (Å²) in [5, 5.41) is 7.82. The number of hydrogen-bond acceptors (Lipinski definition) is 5. The zero-order chi connectivity index (χ0) is 20.6. The van der Waals surface area contributed by atoms with Crippen molar-refractivity contribution < 1.29 is 9.53 Å². The molecule has 10 heteroatoms. The summed E-state index contributed by atoms with van der Waals surface area (Å²) in [5.74, 6) is 1.71. The SMILES string of the molecule is CCNC(=NCCCn1nc2n(c1=O)CCCC2)N1CCC(C(=O)OCC)CC1.I. The molecule has 0 unspecified atom stereocenters. The Morgan fingerprint density at radius 3 is 2.67 bits per heavy atom. The second kappa shape index (κ2) is 12.3. The summed E-state index contributed by atoms with van der Waals surface area (Å²) in [5.41, 5.74) is 0.0108. The molecule has 30 heavy (non-hydrogen) atoms. The fourth-order valence-corrected chi connectivity index (χ4v) is 4.01. The number of fused-ring (bicyclic) bond motifs is 1. The highest BCUT2D eigenvalue weighted by molar-refractivity contribution is 14.0. The van der Waals surface area contributed by atoms with E-state index in [9.17, 15) is 9.59 Å². The molecule has 1 aromatic rings. The highest BCUT2D eigenvalue weighted by Gasteiger charge is 2.27. The molecule has 1 saturated heterocycles. The first-order valence-corrected chi connectivity index (χ1v) is 11.0. The zero-order valence-corrected chi connectivity index (χ0v) is 20.5. The van der Waals surface area contributed by atoms with Gasteiger partial charge in [0.2, 0.25) is 0 Å². The lowest BCUT2D eigenvalue weighted by molar-refractivity contribution is -0.149. The summed E-state index contributed by atoms with van der Waals surface area (Å²) in [7, 11) is 0. The monoisotopic (exact) mass is 534 g/mol. The van der Waals surface area contributed by atoms with Crippen molar-refractivity contribution in [1.29, 1.82) is 0 Å². The van der Waals surface area contributed by atoms with E-state index in [2.05, 4.69) is 22.2 Å². The fraction of sp³-hybridized carbons (Fsp3) is 0.800. The summed E-state index contributed by atoms with van der Waals surface area (Å²) in [6.07, 6.45) is 5.41. The first-order valence-electron chi connectivity index (χ1n) is 11.0. The lowest BCUT2D eigenvalue weighted by Gasteiger charge is -2.33. The molecule has 0 aromatic carbocycles. The molecule has 0 spiro atoms. The number of hydrogen-bond donors (Lipinski definition) is 1. The van der Waals surface area contributed by atoms with Crippen LogP contribution in [0.2, 0.25) is 0 Å². The smallest absolute Gasteiger partial charge is 0.345 e. The molecule has 1 aromatic heterocycles. The fourth-order valence-electron chi connectivity index (χ4n) is 4.01. The van der Waals surface area contributed by atoms with Crippen LogP contribution in [0.15, 0.2) is 9.79 Å². The van der Waals surface area contributed by atoms with Crippen LogP contribution in [-0.2, 0) is 29.0 Å². The highest BCUT2D eigenvalue weighted by Crippen LogP contribution is 2.18. The van der Waals surface area contributed by atoms with Gasteiger partial charge in [0.05, 0.1) is 12.5 Å². The Morgan fingerprint density at radius 1 is 1.23 bits per heavy atom. The van der Waals surface area contributed by atoms with Crippen molar-refractivity contribution in [2.75, 3.05) is 32.8 Å². The van der Waals surface area contributed by atoms with Crippen molar-refractivity contribution in [2.24, 2.45) is 10.9 Å². The topological polar surface area (TPSA) is 93.8 Å². The number of aromatic nitrogens is 3. The number of esters is 1. The van der Waals surface area contributed by atoms with Crippen LogP contribution in [0.4, 0.5) is 0 Å². The van der Waals surface area contributed by atoms with Gasteiger partial charge >= 0.3 is 11.7 Å². The Labute approximate surface area is 195 Å². The zero-order valence-electron chi connectivity index (χ0n) is 18.1. The number of likely N-dealkylation sites (tertiary alicyclic amines) is 1. The molecule has 1 N–H and O–H groups in total. The number of carbonyl (C=O) groups is 1. The largest absolute Gasteiger partial charge is 0.466 e. The number of nitrogens with zero attached hydrogens (tertiary/aromatic N) is 5. The quantitative estimate of drug-likeness (QED) is 0.188. The molecule has 2 aliphatic heterocycles. The molecular weight excluding hydrogens is 499 g/mol. The normalized spacial score (nSPS) is 17.3. The van der Waals surface area contributed by atoms with Gasteiger partial charge < -0.3 is 15.0 Å². The predicted molar refractivity (Wildman–Crippen MR) is 126 cm³/mol. The molecular formula is C20H35IN6O3. The number of guanidine groups is 1. The number of carbonyl (C=O) groups excluding carboxylic acids is 1. The van der Waals surface area contributed by atoms with Crippen LogP contribution in [0.25, 0.3) is 0 Å². The van der Waals surface area contributed by atoms with Crippen LogP contribution >= 0.6 is 24.0 Å². The molecule has 1 fully saturated rings. The molecule has 9 nitrogen and oxygen atoms in total. The number of aliphatic imine (C=N–C) groups is 1. The lowest BCUT2D eigenvalue weighted by Crippen LogP contribution is -2.46. The predicted octanol–water partition coefficient (Wildman–Crippen LogP) is 1.63. The van der Waals surface area contributed by atoms with Crippen molar-refractivity contribution in [2.45, 2.75) is 65.5 Å². The van der Waals surface area contributed by atoms with Gasteiger partial charge in [-0.25, -0.2) is 9.48 Å². The number of ether oxygens (including phenoxy) is 1. The standard InChI is InChI=1S/C20H34N6O3.HI/c1-3-21-19(24-14-9-16(10-15-24)18(27)29-4-2)22-11-7-13-26-20(28)25-12-6-5-8-17(25)23-26;/h16H,3-15H2,1-2H3,(H,21,22);1H. The van der Waals surface area contributed by atoms with E-state index >= 15 is 0 Å². The Morgan fingerprint density at radius 2 is 2.00 bits per heavy atom. The van der Waals surface area contributed by atoms with Crippen molar-refractivity contribution in [1.82, 2.24) is 24.6 Å². The average molecular weight is 534 g/mol. The van der Waals surface area contributed by atoms with E-state index in [4.69, 9.17) is 9.73 Å². The third-order valence-corrected chi connectivity index (χ3v) is 5.57. The number of rotatable bonds is 7. The van der Waals surface area contributed by atoms with E-state index < -0.39 is 0 Å². The minimum absolute atomic E-state index is 0. The molecule has 3 heterocycles. The van der Waals surface area contributed by atoms with E-state index in [1.165, 1.54) is 0 Å². The Kier molecular flexibility index (Phi) is 10.1. The van der Waals surface area contributed by atoms with Crippen LogP contribution in [-0.4, -0.2) is 64.0 Å². The second-order valence-corrected chi connectivity index (χ2v) is 7.63. The van der Waals surface area contributed by atoms with Gasteiger partial charge in [-0.3, -0.25) is 14.4 Å². The summed E-state index contributed by atoms with van der Waals surface area (Å²) < 4.78 is 8.55. The summed E-state index contributed by atoms with van der Waals surface area (Å²) in [6, 6.07) is 0. The van der Waals surface area contributed by atoms with Gasteiger partial charge in [-0.05, 0) is 46.0 Å². The van der Waals surface area contributed by atoms with Gasteiger partial charge in [-0.15, -0.1) is 24.0 Å². The number of piperidine rings is 1. The van der Waals surface area contributed by atoms with Gasteiger partial charge in [0.15, 0.2) is 5.96 Å². The van der Waals surface area contributed by atoms with Crippen LogP contribution < -0.4 is 11.0 Å². The minimum Gasteiger partial charge on any atom is -0.466 e. The first kappa shape index (κ1) is 24.7. The van der Waals surface area contributed by atoms with Gasteiger partial charge in [-0.1, -0.05) is 0 Å². The van der Waals surface area contributed by atoms with Crippen LogP contribution in [0.5, 0.6) is 0 Å². The van der Waals surface area contributed by atoms with Crippen molar-refractivity contribution in [3.8, 4) is 0 Å². The summed E-state index contributed by atoms with van der Waals surface area (Å²) in [6.45, 7) is 8.73. The summed E-state index contributed by atoms with van der Waals surface area (Å²) in [4.78, 5) is 31.3. The van der Waals surface area contributed by atoms with E-state index in [0.29, 0.717) is 19.7 Å². The first-order chi connectivity index (χ1) is 14.1. The summed E-state index contributed by atoms with van der Waals surface area (Å²) >= 11 is 0. The maximum absolute atomic E-state index is 12.4. The molecule has 170 valence electrons. The molecule has 0 bridgehead atoms. The van der Waals surface area contributed by atoms with Gasteiger partial charge in [0, 0.05) is 45.7 Å². The third-order valence-electron chi connectivity index (χ3n) is 5.57. The lowest BCUT2D eigenvalue weighted by atomic mass is 9.97. The van der Waals surface area contributed by atoms with E-state index in [1.807, 2.05) is 11.5 Å². The maximum atomic E-state index is 12.4. The second-order valence-electron chi connectivity index (χ2n) is 7.63. The molecule has 3 rings (SSSR count). The molecule has 0 radical (unpaired) electrons. The average Bonchev–Trinajstić information content (AvgIpc) is 3.06. The molecule has 0 atom stereocenters. The Bertz CT molecular complexity index is 767. The van der Waals surface area contributed by atoms with E-state index in [-0.39, 0.29) is 41.6 Å². The van der Waals surface area contributed by atoms with Crippen molar-refractivity contribution in [3.05, 3.63) is 16.3 Å². The molecule has 0 saturated carbocycles. The number of nitrogens with one attached hydrogen (secondary N) is 1. The molecule has 0 amide bonds. The van der Waals surface area contributed by atoms with Crippen LogP contribution in [0.1, 0.15) is 51.8 Å². The maximum Gasteiger partial charge on any atom is 0.345 e. The minimum atomic E-state index is -0.0812. The number of aryl methyl sites for hydroxylation is 2. The van der Waals surface area contributed by atoms with Crippen LogP contribution in [0, 0.1) is 5.92 Å². The van der Waals surface area contributed by atoms with E-state index in [1.54, 1.807) is 4.68 Å². The Hall–Kier alpha value is -1.59. The van der Waals surface area contributed by atoms with Gasteiger partial charge in [0.1, 0.15) is 5.82 Å². The van der Waals surface area contributed by atoms with Crippen molar-refractivity contribution in [3.63, 3.8) is 0 Å². The molecule has 0 aliphatic carbocycles.